The number of hydrogen-bond donors (Lipinski definition) is 1. The molecule has 19 heavy (non-hydrogen) atoms. The molecule has 1 heterocycles. The van der Waals surface area contributed by atoms with Gasteiger partial charge in [0.1, 0.15) is 0 Å². The van der Waals surface area contributed by atoms with Gasteiger partial charge in [0, 0.05) is 24.3 Å². The van der Waals surface area contributed by atoms with Crippen molar-refractivity contribution in [1.82, 2.24) is 10.2 Å². The fourth-order valence-corrected chi connectivity index (χ4v) is 4.41. The lowest BCUT2D eigenvalue weighted by molar-refractivity contribution is 0.0206. The molecular weight excluding hydrogens is 232 g/mol. The lowest BCUT2D eigenvalue weighted by Gasteiger charge is -2.49. The Labute approximate surface area is 122 Å². The summed E-state index contributed by atoms with van der Waals surface area (Å²) in [4.78, 5) is 2.56. The Kier molecular flexibility index (Phi) is 3.33. The normalized spacial score (nSPS) is 33.3. The molecule has 0 aliphatic carbocycles. The van der Waals surface area contributed by atoms with Crippen LogP contribution in [0.3, 0.4) is 0 Å². The average molecular weight is 267 g/mol. The van der Waals surface area contributed by atoms with E-state index in [0.29, 0.717) is 6.04 Å². The Morgan fingerprint density at radius 3 is 1.79 bits per heavy atom. The van der Waals surface area contributed by atoms with Gasteiger partial charge in [0.2, 0.25) is 0 Å². The Bertz CT molecular complexity index is 407. The lowest BCUT2D eigenvalue weighted by atomic mass is 9.56. The Morgan fingerprint density at radius 2 is 1.47 bits per heavy atom. The van der Waals surface area contributed by atoms with Gasteiger partial charge in [-0.1, -0.05) is 34.3 Å². The molecule has 2 heteroatoms. The molecule has 0 bridgehead atoms. The van der Waals surface area contributed by atoms with E-state index in [1.807, 2.05) is 0 Å². The van der Waals surface area contributed by atoms with Crippen LogP contribution in [-0.2, 0) is 0 Å². The summed E-state index contributed by atoms with van der Waals surface area (Å²) in [7, 11) is 1.78. The van der Waals surface area contributed by atoms with E-state index in [0.717, 1.165) is 5.70 Å². The molecule has 1 fully saturated rings. The second-order valence-corrected chi connectivity index (χ2v) is 8.02. The lowest BCUT2D eigenvalue weighted by Crippen LogP contribution is -2.59. The van der Waals surface area contributed by atoms with Gasteiger partial charge in [0.15, 0.2) is 1.41 Å². The maximum Gasteiger partial charge on any atom is 0.159 e. The Balaban J connectivity index is 3.67. The third-order valence-electron chi connectivity index (χ3n) is 6.74. The fourth-order valence-electron chi connectivity index (χ4n) is 4.41. The number of nitrogens with zero attached hydrogens (tertiary/aromatic N) is 1. The van der Waals surface area contributed by atoms with Crippen molar-refractivity contribution in [3.63, 3.8) is 0 Å². The van der Waals surface area contributed by atoms with Crippen LogP contribution in [0.5, 0.6) is 0 Å². The van der Waals surface area contributed by atoms with Crippen LogP contribution in [0.2, 0.25) is 1.41 Å². The van der Waals surface area contributed by atoms with E-state index in [1.165, 1.54) is 5.31 Å². The van der Waals surface area contributed by atoms with E-state index in [2.05, 4.69) is 73.8 Å². The molecule has 1 atom stereocenters. The minimum atomic E-state index is -0.245. The second kappa shape index (κ2) is 4.25. The van der Waals surface area contributed by atoms with Crippen molar-refractivity contribution >= 4 is 0 Å². The predicted octanol–water partition coefficient (Wildman–Crippen LogP) is 4.03. The summed E-state index contributed by atoms with van der Waals surface area (Å²) in [6.45, 7) is 25.0. The van der Waals surface area contributed by atoms with E-state index < -0.39 is 0 Å². The molecule has 0 aromatic carbocycles. The van der Waals surface area contributed by atoms with Crippen molar-refractivity contribution in [3.8, 4) is 0 Å². The van der Waals surface area contributed by atoms with Crippen molar-refractivity contribution in [1.29, 1.82) is 0 Å². The SMILES string of the molecule is [2H]N(C)C(=C)C1(C)N(C(C)C)C(C)(C)C(C)(C)C1(C)C. The largest absolute Gasteiger partial charge is 0.390 e. The maximum atomic E-state index is 8.05. The van der Waals surface area contributed by atoms with Crippen LogP contribution in [0.1, 0.15) is 62.3 Å². The number of likely N-dealkylation sites (tertiary alicyclic amines) is 1. The molecule has 0 radical (unpaired) electrons. The molecule has 1 aliphatic rings. The van der Waals surface area contributed by atoms with Crippen molar-refractivity contribution in [2.45, 2.75) is 79.4 Å². The van der Waals surface area contributed by atoms with Crippen LogP contribution in [-0.4, -0.2) is 29.1 Å². The van der Waals surface area contributed by atoms with Crippen molar-refractivity contribution in [2.24, 2.45) is 10.8 Å². The highest BCUT2D eigenvalue weighted by Gasteiger charge is 2.69. The molecule has 0 spiro atoms. The third-order valence-corrected chi connectivity index (χ3v) is 6.74. The summed E-state index contributed by atoms with van der Waals surface area (Å²) in [6.07, 6.45) is 0. The highest BCUT2D eigenvalue weighted by Crippen LogP contribution is 2.65. The highest BCUT2D eigenvalue weighted by atomic mass is 15.3. The monoisotopic (exact) mass is 267 g/mol. The zero-order valence-corrected chi connectivity index (χ0v) is 14.7. The summed E-state index contributed by atoms with van der Waals surface area (Å²) in [5.41, 5.74) is 0.746. The zero-order valence-electron chi connectivity index (χ0n) is 15.7. The number of hydrogen-bond acceptors (Lipinski definition) is 2. The van der Waals surface area contributed by atoms with Gasteiger partial charge in [-0.2, -0.15) is 0 Å². The van der Waals surface area contributed by atoms with Crippen LogP contribution in [0, 0.1) is 10.8 Å². The predicted molar refractivity (Wildman–Crippen MR) is 85.2 cm³/mol. The molecule has 0 aromatic rings. The standard InChI is InChI=1S/C17H34N2/c1-12(2)19-16(8,9)14(4,5)15(6,7)17(19,10)13(3)18-11/h12,18H,3H2,1-2,4-11H3/i/hD. The summed E-state index contributed by atoms with van der Waals surface area (Å²) < 4.78 is 8.05. The van der Waals surface area contributed by atoms with Gasteiger partial charge in [-0.15, -0.1) is 0 Å². The Morgan fingerprint density at radius 1 is 1.05 bits per heavy atom. The summed E-state index contributed by atoms with van der Waals surface area (Å²) >= 11 is 0. The van der Waals surface area contributed by atoms with Crippen LogP contribution in [0.15, 0.2) is 12.3 Å². The number of rotatable bonds is 3. The fraction of sp³-hybridized carbons (Fsp3) is 0.882. The smallest absolute Gasteiger partial charge is 0.159 e. The second-order valence-electron chi connectivity index (χ2n) is 8.02. The molecule has 0 saturated carbocycles. The average Bonchev–Trinajstić information content (AvgIpc) is 2.32. The number of nitrogens with one attached hydrogen (secondary N) is 1. The van der Waals surface area contributed by atoms with Crippen molar-refractivity contribution in [3.05, 3.63) is 12.3 Å². The maximum absolute atomic E-state index is 8.05. The minimum absolute atomic E-state index is 0.000162. The molecule has 1 unspecified atom stereocenters. The van der Waals surface area contributed by atoms with E-state index in [1.54, 1.807) is 7.05 Å². The first-order valence-electron chi connectivity index (χ1n) is 7.83. The topological polar surface area (TPSA) is 15.3 Å². The first kappa shape index (κ1) is 14.9. The molecule has 112 valence electrons. The van der Waals surface area contributed by atoms with Gasteiger partial charge in [0.25, 0.3) is 0 Å². The minimum Gasteiger partial charge on any atom is -0.390 e. The molecule has 1 rings (SSSR count). The van der Waals surface area contributed by atoms with Crippen LogP contribution >= 0.6 is 0 Å². The van der Waals surface area contributed by atoms with Crippen LogP contribution in [0.4, 0.5) is 0 Å². The molecule has 1 saturated heterocycles. The van der Waals surface area contributed by atoms with Crippen molar-refractivity contribution in [2.75, 3.05) is 7.05 Å². The molecule has 0 amide bonds. The molecule has 1 aliphatic heterocycles. The van der Waals surface area contributed by atoms with Gasteiger partial charge in [0.05, 0.1) is 5.54 Å². The van der Waals surface area contributed by atoms with Gasteiger partial charge in [-0.25, -0.2) is 0 Å². The van der Waals surface area contributed by atoms with E-state index in [-0.39, 0.29) is 21.9 Å². The van der Waals surface area contributed by atoms with E-state index in [9.17, 15) is 0 Å². The zero-order chi connectivity index (χ0) is 16.3. The van der Waals surface area contributed by atoms with Crippen LogP contribution < -0.4 is 5.31 Å². The summed E-state index contributed by atoms with van der Waals surface area (Å²) in [5.74, 6) is 0. The summed E-state index contributed by atoms with van der Waals surface area (Å²) in [5, 5.41) is 1.44. The van der Waals surface area contributed by atoms with Crippen LogP contribution in [0.25, 0.3) is 0 Å². The van der Waals surface area contributed by atoms with E-state index >= 15 is 0 Å². The summed E-state index contributed by atoms with van der Waals surface area (Å²) in [6, 6.07) is 0.396. The molecule has 1 N–H and O–H groups in total. The third kappa shape index (κ3) is 1.65. The van der Waals surface area contributed by atoms with Gasteiger partial charge in [-0.3, -0.25) is 4.90 Å². The number of likely N-dealkylation sites (N-methyl/N-ethyl adjacent to an activating group) is 1. The Hall–Kier alpha value is -0.500. The molecule has 2 nitrogen and oxygen atoms in total. The highest BCUT2D eigenvalue weighted by molar-refractivity contribution is 5.31. The van der Waals surface area contributed by atoms with E-state index in [4.69, 9.17) is 1.41 Å². The van der Waals surface area contributed by atoms with Gasteiger partial charge < -0.3 is 5.31 Å². The van der Waals surface area contributed by atoms with Gasteiger partial charge in [-0.05, 0) is 45.4 Å². The first-order valence-corrected chi connectivity index (χ1v) is 7.38. The molecule has 0 aromatic heterocycles. The molecular formula is C17H34N2. The van der Waals surface area contributed by atoms with Crippen molar-refractivity contribution < 1.29 is 1.41 Å². The van der Waals surface area contributed by atoms with Gasteiger partial charge >= 0.3 is 0 Å². The first-order chi connectivity index (χ1) is 8.67. The quantitative estimate of drug-likeness (QED) is 0.830.